The lowest BCUT2D eigenvalue weighted by Crippen LogP contribution is -2.19. The van der Waals surface area contributed by atoms with Gasteiger partial charge in [0.05, 0.1) is 0 Å². The molecule has 3 heteroatoms. The minimum absolute atomic E-state index is 0.595. The monoisotopic (exact) mass is 307 g/mol. The molecule has 0 saturated carbocycles. The van der Waals surface area contributed by atoms with Gasteiger partial charge in [0, 0.05) is 28.7 Å². The van der Waals surface area contributed by atoms with Gasteiger partial charge in [-0.15, -0.1) is 0 Å². The number of aryl methyl sites for hydroxylation is 1. The van der Waals surface area contributed by atoms with Crippen molar-refractivity contribution in [2.24, 2.45) is 0 Å². The van der Waals surface area contributed by atoms with Gasteiger partial charge >= 0.3 is 0 Å². The topological polar surface area (TPSA) is 30.0 Å². The second kappa shape index (κ2) is 6.72. The average molecular weight is 307 g/mol. The second-order valence-electron chi connectivity index (χ2n) is 5.21. The van der Waals surface area contributed by atoms with Crippen LogP contribution in [0, 0.1) is 0 Å². The van der Waals surface area contributed by atoms with Crippen LogP contribution in [0.15, 0.2) is 85.1 Å². The van der Waals surface area contributed by atoms with E-state index in [4.69, 9.17) is 0 Å². The molecule has 0 bridgehead atoms. The van der Waals surface area contributed by atoms with E-state index in [9.17, 15) is 4.57 Å². The van der Waals surface area contributed by atoms with Crippen molar-refractivity contribution in [1.82, 2.24) is 4.98 Å². The summed E-state index contributed by atoms with van der Waals surface area (Å²) in [6.45, 7) is 0. The standard InChI is InChI=1S/C19H18NOP/c21-22(18-10-3-1-4-11-18,19-12-5-2-6-13-19)16-14-17-9-7-8-15-20-17/h1-13,15H,14,16H2. The van der Waals surface area contributed by atoms with Crippen molar-refractivity contribution in [2.45, 2.75) is 6.42 Å². The first-order valence-electron chi connectivity index (χ1n) is 7.39. The van der Waals surface area contributed by atoms with E-state index in [-0.39, 0.29) is 0 Å². The van der Waals surface area contributed by atoms with Gasteiger partial charge in [0.15, 0.2) is 0 Å². The molecule has 0 N–H and O–H groups in total. The molecule has 0 saturated heterocycles. The number of rotatable bonds is 5. The molecule has 22 heavy (non-hydrogen) atoms. The summed E-state index contributed by atoms with van der Waals surface area (Å²) in [5, 5.41) is 1.83. The normalized spacial score (nSPS) is 11.3. The van der Waals surface area contributed by atoms with Crippen molar-refractivity contribution in [1.29, 1.82) is 0 Å². The van der Waals surface area contributed by atoms with Crippen molar-refractivity contribution in [2.75, 3.05) is 6.16 Å². The van der Waals surface area contributed by atoms with Gasteiger partial charge in [-0.2, -0.15) is 0 Å². The molecule has 3 rings (SSSR count). The molecule has 3 aromatic rings. The van der Waals surface area contributed by atoms with E-state index in [0.717, 1.165) is 16.3 Å². The SMILES string of the molecule is O=P(CCc1ccccn1)(c1ccccc1)c1ccccc1. The van der Waals surface area contributed by atoms with Crippen LogP contribution in [0.4, 0.5) is 0 Å². The maximum atomic E-state index is 13.8. The first kappa shape index (κ1) is 14.7. The van der Waals surface area contributed by atoms with E-state index in [1.54, 1.807) is 6.20 Å². The zero-order valence-electron chi connectivity index (χ0n) is 12.3. The molecule has 0 fully saturated rings. The van der Waals surface area contributed by atoms with E-state index in [2.05, 4.69) is 4.98 Å². The molecule has 0 amide bonds. The molecule has 0 atom stereocenters. The second-order valence-corrected chi connectivity index (χ2v) is 8.16. The van der Waals surface area contributed by atoms with Gasteiger partial charge in [0.1, 0.15) is 7.14 Å². The highest BCUT2D eigenvalue weighted by Gasteiger charge is 2.26. The summed E-state index contributed by atoms with van der Waals surface area (Å²) in [6.07, 6.45) is 3.09. The highest BCUT2D eigenvalue weighted by Crippen LogP contribution is 2.43. The van der Waals surface area contributed by atoms with Crippen LogP contribution >= 0.6 is 7.14 Å². The summed E-state index contributed by atoms with van der Waals surface area (Å²) < 4.78 is 13.8. The summed E-state index contributed by atoms with van der Waals surface area (Å²) in [5.74, 6) is 0. The van der Waals surface area contributed by atoms with Gasteiger partial charge in [-0.1, -0.05) is 66.7 Å². The molecular weight excluding hydrogens is 289 g/mol. The largest absolute Gasteiger partial charge is 0.314 e. The van der Waals surface area contributed by atoms with Crippen LogP contribution in [0.1, 0.15) is 5.69 Å². The summed E-state index contributed by atoms with van der Waals surface area (Å²) in [7, 11) is -2.63. The quantitative estimate of drug-likeness (QED) is 0.674. The van der Waals surface area contributed by atoms with Crippen molar-refractivity contribution >= 4 is 17.8 Å². The smallest absolute Gasteiger partial charge is 0.143 e. The fraction of sp³-hybridized carbons (Fsp3) is 0.105. The number of pyridine rings is 1. The maximum absolute atomic E-state index is 13.8. The van der Waals surface area contributed by atoms with E-state index in [1.165, 1.54) is 0 Å². The highest BCUT2D eigenvalue weighted by molar-refractivity contribution is 7.78. The number of aromatic nitrogens is 1. The third kappa shape index (κ3) is 3.18. The molecule has 0 spiro atoms. The molecule has 0 aliphatic rings. The Balaban J connectivity index is 1.95. The van der Waals surface area contributed by atoms with Crippen LogP contribution in [-0.4, -0.2) is 11.1 Å². The Kier molecular flexibility index (Phi) is 4.50. The fourth-order valence-electron chi connectivity index (χ4n) is 2.56. The molecule has 0 aliphatic carbocycles. The van der Waals surface area contributed by atoms with Crippen LogP contribution < -0.4 is 10.6 Å². The third-order valence-corrected chi connectivity index (χ3v) is 6.87. The van der Waals surface area contributed by atoms with E-state index in [0.29, 0.717) is 12.6 Å². The van der Waals surface area contributed by atoms with Gasteiger partial charge in [0.2, 0.25) is 0 Å². The molecule has 1 aromatic heterocycles. The van der Waals surface area contributed by atoms with Gasteiger partial charge in [-0.25, -0.2) is 0 Å². The summed E-state index contributed by atoms with van der Waals surface area (Å²) in [4.78, 5) is 4.35. The Morgan fingerprint density at radius 2 is 1.27 bits per heavy atom. The average Bonchev–Trinajstić information content (AvgIpc) is 2.62. The van der Waals surface area contributed by atoms with Crippen molar-refractivity contribution in [3.63, 3.8) is 0 Å². The summed E-state index contributed by atoms with van der Waals surface area (Å²) in [5.41, 5.74) is 0.981. The lowest BCUT2D eigenvalue weighted by Gasteiger charge is -2.19. The number of hydrogen-bond acceptors (Lipinski definition) is 2. The van der Waals surface area contributed by atoms with Gasteiger partial charge in [0.25, 0.3) is 0 Å². The summed E-state index contributed by atoms with van der Waals surface area (Å²) >= 11 is 0. The lowest BCUT2D eigenvalue weighted by atomic mass is 10.3. The first-order valence-corrected chi connectivity index (χ1v) is 9.28. The van der Waals surface area contributed by atoms with Crippen LogP contribution in [-0.2, 0) is 11.0 Å². The summed E-state index contributed by atoms with van der Waals surface area (Å²) in [6, 6.07) is 25.4. The molecule has 0 radical (unpaired) electrons. The van der Waals surface area contributed by atoms with Crippen LogP contribution in [0.25, 0.3) is 0 Å². The van der Waals surface area contributed by atoms with Crippen molar-refractivity contribution in [3.05, 3.63) is 90.8 Å². The predicted octanol–water partition coefficient (Wildman–Crippen LogP) is 3.64. The molecule has 110 valence electrons. The first-order chi connectivity index (χ1) is 10.8. The maximum Gasteiger partial charge on any atom is 0.143 e. The number of nitrogens with zero attached hydrogens (tertiary/aromatic N) is 1. The number of hydrogen-bond donors (Lipinski definition) is 0. The molecule has 2 nitrogen and oxygen atoms in total. The third-order valence-electron chi connectivity index (χ3n) is 3.76. The minimum atomic E-state index is -2.63. The molecule has 1 heterocycles. The molecule has 0 aliphatic heterocycles. The minimum Gasteiger partial charge on any atom is -0.314 e. The Bertz CT molecular complexity index is 714. The Morgan fingerprint density at radius 3 is 1.77 bits per heavy atom. The zero-order valence-corrected chi connectivity index (χ0v) is 13.2. The zero-order chi connectivity index (χ0) is 15.3. The fourth-order valence-corrected chi connectivity index (χ4v) is 5.23. The highest BCUT2D eigenvalue weighted by atomic mass is 31.2. The Hall–Kier alpha value is -2.18. The molecule has 2 aromatic carbocycles. The molecular formula is C19H18NOP. The van der Waals surface area contributed by atoms with Crippen LogP contribution in [0.3, 0.4) is 0 Å². The van der Waals surface area contributed by atoms with Crippen molar-refractivity contribution in [3.8, 4) is 0 Å². The Labute approximate surface area is 131 Å². The van der Waals surface area contributed by atoms with Gasteiger partial charge in [-0.3, -0.25) is 4.98 Å². The van der Waals surface area contributed by atoms with Gasteiger partial charge < -0.3 is 4.57 Å². The van der Waals surface area contributed by atoms with E-state index in [1.807, 2.05) is 78.9 Å². The van der Waals surface area contributed by atoms with Crippen molar-refractivity contribution < 1.29 is 4.57 Å². The number of benzene rings is 2. The van der Waals surface area contributed by atoms with E-state index < -0.39 is 7.14 Å². The van der Waals surface area contributed by atoms with Gasteiger partial charge in [-0.05, 0) is 18.6 Å². The predicted molar refractivity (Wildman–Crippen MR) is 92.6 cm³/mol. The van der Waals surface area contributed by atoms with Crippen LogP contribution in [0.2, 0.25) is 0 Å². The Morgan fingerprint density at radius 1 is 0.727 bits per heavy atom. The van der Waals surface area contributed by atoms with Crippen LogP contribution in [0.5, 0.6) is 0 Å². The van der Waals surface area contributed by atoms with E-state index >= 15 is 0 Å². The molecule has 0 unspecified atom stereocenters. The lowest BCUT2D eigenvalue weighted by molar-refractivity contribution is 0.586.